The number of nitrogens with zero attached hydrogens (tertiary/aromatic N) is 1. The van der Waals surface area contributed by atoms with Crippen LogP contribution in [0.5, 0.6) is 11.5 Å². The number of rotatable bonds is 7. The third-order valence-electron chi connectivity index (χ3n) is 3.16. The van der Waals surface area contributed by atoms with Crippen molar-refractivity contribution in [2.24, 2.45) is 0 Å². The fourth-order valence-electron chi connectivity index (χ4n) is 2.08. The van der Waals surface area contributed by atoms with Gasteiger partial charge in [0.25, 0.3) is 5.91 Å². The Balaban J connectivity index is 2.32. The Morgan fingerprint density at radius 2 is 2.20 bits per heavy atom. The van der Waals surface area contributed by atoms with E-state index in [0.717, 1.165) is 23.1 Å². The molecule has 1 heterocycles. The summed E-state index contributed by atoms with van der Waals surface area (Å²) < 4.78 is 11.0. The summed E-state index contributed by atoms with van der Waals surface area (Å²) in [6, 6.07) is 3.32. The van der Waals surface area contributed by atoms with Gasteiger partial charge in [-0.15, -0.1) is 0 Å². The van der Waals surface area contributed by atoms with E-state index >= 15 is 0 Å². The van der Waals surface area contributed by atoms with Gasteiger partial charge in [-0.05, 0) is 30.2 Å². The van der Waals surface area contributed by atoms with Crippen molar-refractivity contribution < 1.29 is 24.2 Å². The SMILES string of the molecule is CCCOc1c(Cl)cc(/C=C2\SC(=S)N(CC(=O)[O-])C2=O)cc1OC. The molecular formula is C16H15ClNO5S2-. The van der Waals surface area contributed by atoms with Crippen LogP contribution in [-0.4, -0.2) is 41.4 Å². The lowest BCUT2D eigenvalue weighted by molar-refractivity contribution is -0.305. The Hall–Kier alpha value is -1.77. The summed E-state index contributed by atoms with van der Waals surface area (Å²) >= 11 is 12.3. The Morgan fingerprint density at radius 1 is 1.48 bits per heavy atom. The molecule has 1 amide bonds. The minimum atomic E-state index is -1.38. The number of benzene rings is 1. The minimum Gasteiger partial charge on any atom is -0.548 e. The second kappa shape index (κ2) is 8.55. The Bertz CT molecular complexity index is 750. The number of hydrogen-bond donors (Lipinski definition) is 0. The van der Waals surface area contributed by atoms with Crippen molar-refractivity contribution in [2.75, 3.05) is 20.3 Å². The van der Waals surface area contributed by atoms with Crippen molar-refractivity contribution in [1.82, 2.24) is 4.90 Å². The number of aliphatic carboxylic acids is 1. The number of carboxylic acids is 1. The smallest absolute Gasteiger partial charge is 0.266 e. The van der Waals surface area contributed by atoms with Crippen LogP contribution in [0.1, 0.15) is 18.9 Å². The summed E-state index contributed by atoms with van der Waals surface area (Å²) in [6.07, 6.45) is 2.40. The van der Waals surface area contributed by atoms with E-state index in [1.54, 1.807) is 18.2 Å². The molecule has 0 atom stereocenters. The maximum absolute atomic E-state index is 12.3. The van der Waals surface area contributed by atoms with Crippen LogP contribution in [0, 0.1) is 0 Å². The van der Waals surface area contributed by atoms with Gasteiger partial charge in [0, 0.05) is 0 Å². The number of carbonyl (C=O) groups excluding carboxylic acids is 2. The molecule has 1 aromatic rings. The van der Waals surface area contributed by atoms with E-state index in [0.29, 0.717) is 33.6 Å². The van der Waals surface area contributed by atoms with Gasteiger partial charge in [-0.3, -0.25) is 9.69 Å². The second-order valence-corrected chi connectivity index (χ2v) is 7.11. The van der Waals surface area contributed by atoms with Gasteiger partial charge in [-0.2, -0.15) is 0 Å². The fraction of sp³-hybridized carbons (Fsp3) is 0.312. The van der Waals surface area contributed by atoms with Crippen molar-refractivity contribution in [3.05, 3.63) is 27.6 Å². The zero-order chi connectivity index (χ0) is 18.6. The molecule has 6 nitrogen and oxygen atoms in total. The first kappa shape index (κ1) is 19.6. The number of methoxy groups -OCH3 is 1. The highest BCUT2D eigenvalue weighted by molar-refractivity contribution is 8.26. The van der Waals surface area contributed by atoms with Crippen LogP contribution < -0.4 is 14.6 Å². The van der Waals surface area contributed by atoms with Crippen LogP contribution in [0.25, 0.3) is 6.08 Å². The van der Waals surface area contributed by atoms with E-state index in [9.17, 15) is 14.7 Å². The summed E-state index contributed by atoms with van der Waals surface area (Å²) in [4.78, 5) is 24.3. The van der Waals surface area contributed by atoms with Gasteiger partial charge in [-0.25, -0.2) is 0 Å². The molecule has 0 bridgehead atoms. The van der Waals surface area contributed by atoms with Crippen LogP contribution in [0.2, 0.25) is 5.02 Å². The van der Waals surface area contributed by atoms with Gasteiger partial charge in [0.05, 0.1) is 36.2 Å². The number of thiocarbonyl (C=S) groups is 1. The topological polar surface area (TPSA) is 78.9 Å². The second-order valence-electron chi connectivity index (χ2n) is 5.02. The number of hydrogen-bond acceptors (Lipinski definition) is 7. The van der Waals surface area contributed by atoms with E-state index in [2.05, 4.69) is 0 Å². The molecule has 1 aromatic carbocycles. The summed E-state index contributed by atoms with van der Waals surface area (Å²) in [5, 5.41) is 11.1. The molecule has 0 aromatic heterocycles. The molecule has 1 fully saturated rings. The molecule has 0 spiro atoms. The molecule has 1 aliphatic heterocycles. The van der Waals surface area contributed by atoms with Crippen LogP contribution in [0.3, 0.4) is 0 Å². The number of amides is 1. The van der Waals surface area contributed by atoms with Crippen molar-refractivity contribution in [2.45, 2.75) is 13.3 Å². The predicted octanol–water partition coefficient (Wildman–Crippen LogP) is 2.09. The normalized spacial score (nSPS) is 15.8. The maximum atomic E-state index is 12.3. The minimum absolute atomic E-state index is 0.168. The van der Waals surface area contributed by atoms with Crippen molar-refractivity contribution in [1.29, 1.82) is 0 Å². The molecule has 9 heteroatoms. The summed E-state index contributed by atoms with van der Waals surface area (Å²) in [5.74, 6) is -0.981. The summed E-state index contributed by atoms with van der Waals surface area (Å²) in [7, 11) is 1.49. The van der Waals surface area contributed by atoms with Crippen LogP contribution in [0.15, 0.2) is 17.0 Å². The lowest BCUT2D eigenvalue weighted by atomic mass is 10.1. The first-order valence-electron chi connectivity index (χ1n) is 7.33. The molecule has 0 radical (unpaired) electrons. The lowest BCUT2D eigenvalue weighted by Gasteiger charge is -2.14. The number of thioether (sulfide) groups is 1. The molecule has 0 unspecified atom stereocenters. The van der Waals surface area contributed by atoms with Crippen LogP contribution >= 0.6 is 35.6 Å². The summed E-state index contributed by atoms with van der Waals surface area (Å²) in [6.45, 7) is 1.90. The molecule has 0 saturated carbocycles. The average Bonchev–Trinajstić information content (AvgIpc) is 2.80. The van der Waals surface area contributed by atoms with Gasteiger partial charge < -0.3 is 19.4 Å². The van der Waals surface area contributed by atoms with Gasteiger partial charge in [0.15, 0.2) is 11.5 Å². The molecule has 25 heavy (non-hydrogen) atoms. The highest BCUT2D eigenvalue weighted by Gasteiger charge is 2.32. The van der Waals surface area contributed by atoms with Gasteiger partial charge in [0.1, 0.15) is 4.32 Å². The molecule has 1 aliphatic rings. The Morgan fingerprint density at radius 3 is 2.80 bits per heavy atom. The Labute approximate surface area is 159 Å². The zero-order valence-corrected chi connectivity index (χ0v) is 15.9. The third-order valence-corrected chi connectivity index (χ3v) is 4.82. The first-order chi connectivity index (χ1) is 11.9. The summed E-state index contributed by atoms with van der Waals surface area (Å²) in [5.41, 5.74) is 0.611. The number of carbonyl (C=O) groups is 2. The van der Waals surface area contributed by atoms with E-state index in [1.807, 2.05) is 6.92 Å². The van der Waals surface area contributed by atoms with Crippen LogP contribution in [-0.2, 0) is 9.59 Å². The standard InChI is InChI=1S/C16H16ClNO5S2/c1-3-4-23-14-10(17)5-9(6-11(14)22-2)7-12-15(21)18(8-13(19)20)16(24)25-12/h5-7H,3-4,8H2,1-2H3,(H,19,20)/p-1/b12-7-. The molecule has 2 rings (SSSR count). The fourth-order valence-corrected chi connectivity index (χ4v) is 3.61. The molecule has 134 valence electrons. The lowest BCUT2D eigenvalue weighted by Crippen LogP contribution is -2.40. The largest absolute Gasteiger partial charge is 0.548 e. The van der Waals surface area contributed by atoms with Crippen LogP contribution in [0.4, 0.5) is 0 Å². The average molecular weight is 401 g/mol. The third kappa shape index (κ3) is 4.65. The van der Waals surface area contributed by atoms with E-state index in [4.69, 9.17) is 33.3 Å². The molecule has 1 saturated heterocycles. The molecule has 0 aliphatic carbocycles. The van der Waals surface area contributed by atoms with E-state index in [-0.39, 0.29) is 4.32 Å². The first-order valence-corrected chi connectivity index (χ1v) is 8.93. The highest BCUT2D eigenvalue weighted by atomic mass is 35.5. The maximum Gasteiger partial charge on any atom is 0.266 e. The number of halogens is 1. The van der Waals surface area contributed by atoms with E-state index in [1.165, 1.54) is 7.11 Å². The van der Waals surface area contributed by atoms with Crippen molar-refractivity contribution >= 4 is 57.9 Å². The number of carboxylic acid groups (broad SMARTS) is 1. The van der Waals surface area contributed by atoms with Gasteiger partial charge >= 0.3 is 0 Å². The Kier molecular flexibility index (Phi) is 6.69. The van der Waals surface area contributed by atoms with Gasteiger partial charge in [-0.1, -0.05) is 42.5 Å². The predicted molar refractivity (Wildman–Crippen MR) is 98.7 cm³/mol. The van der Waals surface area contributed by atoms with Crippen molar-refractivity contribution in [3.8, 4) is 11.5 Å². The highest BCUT2D eigenvalue weighted by Crippen LogP contribution is 2.39. The van der Waals surface area contributed by atoms with E-state index < -0.39 is 18.4 Å². The van der Waals surface area contributed by atoms with Crippen molar-refractivity contribution in [3.63, 3.8) is 0 Å². The zero-order valence-electron chi connectivity index (χ0n) is 13.5. The number of ether oxygens (including phenoxy) is 2. The molecule has 0 N–H and O–H groups in total. The monoisotopic (exact) mass is 400 g/mol. The van der Waals surface area contributed by atoms with Gasteiger partial charge in [0.2, 0.25) is 0 Å². The molecular weight excluding hydrogens is 386 g/mol. The quantitative estimate of drug-likeness (QED) is 0.512.